The molecule has 0 radical (unpaired) electrons. The van der Waals surface area contributed by atoms with Crippen LogP contribution in [0.1, 0.15) is 11.5 Å². The lowest BCUT2D eigenvalue weighted by atomic mass is 10.0. The zero-order chi connectivity index (χ0) is 8.97. The van der Waals surface area contributed by atoms with Gasteiger partial charge in [-0.15, -0.1) is 0 Å². The van der Waals surface area contributed by atoms with E-state index in [9.17, 15) is 4.79 Å². The van der Waals surface area contributed by atoms with Crippen molar-refractivity contribution in [2.45, 2.75) is 5.92 Å². The Labute approximate surface area is 84.7 Å². The van der Waals surface area contributed by atoms with Crippen molar-refractivity contribution in [3.05, 3.63) is 35.9 Å². The molecule has 1 atom stereocenters. The van der Waals surface area contributed by atoms with E-state index in [0.29, 0.717) is 0 Å². The largest absolute Gasteiger partial charge is 0.395 e. The molecule has 0 aliphatic heterocycles. The third-order valence-corrected chi connectivity index (χ3v) is 2.41. The predicted octanol–water partition coefficient (Wildman–Crippen LogP) is 1.72. The van der Waals surface area contributed by atoms with Crippen molar-refractivity contribution < 1.29 is 9.90 Å². The molecule has 2 nitrogen and oxygen atoms in total. The number of benzene rings is 1. The Balaban J connectivity index is 2.88. The van der Waals surface area contributed by atoms with E-state index >= 15 is 0 Å². The van der Waals surface area contributed by atoms with Crippen molar-refractivity contribution in [3.63, 3.8) is 0 Å². The van der Waals surface area contributed by atoms with E-state index in [-0.39, 0.29) is 16.3 Å². The van der Waals surface area contributed by atoms with E-state index in [0.717, 1.165) is 5.56 Å². The molecule has 12 heavy (non-hydrogen) atoms. The van der Waals surface area contributed by atoms with Crippen molar-refractivity contribution >= 4 is 26.4 Å². The Morgan fingerprint density at radius 3 is 2.42 bits per heavy atom. The molecule has 0 aliphatic carbocycles. The molecule has 0 aliphatic rings. The van der Waals surface area contributed by atoms with Crippen LogP contribution >= 0.6 is 22.6 Å². The first-order chi connectivity index (χ1) is 5.75. The molecule has 0 unspecified atom stereocenters. The summed E-state index contributed by atoms with van der Waals surface area (Å²) in [5, 5.41) is 8.92. The van der Waals surface area contributed by atoms with E-state index < -0.39 is 0 Å². The number of halogens is 1. The van der Waals surface area contributed by atoms with Gasteiger partial charge >= 0.3 is 0 Å². The van der Waals surface area contributed by atoms with Crippen LogP contribution in [0.2, 0.25) is 0 Å². The standard InChI is InChI=1S/C9H9IO2/c10-9(12)8(6-11)7-4-2-1-3-5-7/h1-5,8,11H,6H2/t8-/m1/s1. The van der Waals surface area contributed by atoms with Crippen molar-refractivity contribution in [1.29, 1.82) is 0 Å². The molecule has 0 heterocycles. The second-order valence-electron chi connectivity index (χ2n) is 2.45. The van der Waals surface area contributed by atoms with Gasteiger partial charge in [0.2, 0.25) is 3.79 Å². The lowest BCUT2D eigenvalue weighted by Crippen LogP contribution is -2.10. The Bertz CT molecular complexity index is 258. The zero-order valence-electron chi connectivity index (χ0n) is 6.40. The highest BCUT2D eigenvalue weighted by Gasteiger charge is 2.15. The second-order valence-corrected chi connectivity index (χ2v) is 3.51. The van der Waals surface area contributed by atoms with Gasteiger partial charge < -0.3 is 5.11 Å². The summed E-state index contributed by atoms with van der Waals surface area (Å²) >= 11 is 1.71. The lowest BCUT2D eigenvalue weighted by molar-refractivity contribution is -0.111. The molecular weight excluding hydrogens is 267 g/mol. The molecule has 3 heteroatoms. The topological polar surface area (TPSA) is 37.3 Å². The summed E-state index contributed by atoms with van der Waals surface area (Å²) in [5.41, 5.74) is 0.874. The molecule has 0 aromatic heterocycles. The molecule has 1 aromatic rings. The number of aliphatic hydroxyl groups is 1. The Morgan fingerprint density at radius 1 is 1.42 bits per heavy atom. The molecule has 1 N–H and O–H groups in total. The average molecular weight is 276 g/mol. The van der Waals surface area contributed by atoms with Crippen LogP contribution < -0.4 is 0 Å². The van der Waals surface area contributed by atoms with Gasteiger partial charge in [-0.2, -0.15) is 0 Å². The average Bonchev–Trinajstić information content (AvgIpc) is 2.07. The predicted molar refractivity (Wildman–Crippen MR) is 55.3 cm³/mol. The summed E-state index contributed by atoms with van der Waals surface area (Å²) in [4.78, 5) is 11.0. The maximum Gasteiger partial charge on any atom is 0.202 e. The Morgan fingerprint density at radius 2 is 2.00 bits per heavy atom. The summed E-state index contributed by atoms with van der Waals surface area (Å²) in [6.45, 7) is -0.119. The number of hydrogen-bond donors (Lipinski definition) is 1. The van der Waals surface area contributed by atoms with Crippen LogP contribution in [0.4, 0.5) is 0 Å². The third-order valence-electron chi connectivity index (χ3n) is 1.66. The van der Waals surface area contributed by atoms with Crippen LogP contribution in [-0.4, -0.2) is 15.5 Å². The highest BCUT2D eigenvalue weighted by Crippen LogP contribution is 2.18. The van der Waals surface area contributed by atoms with Crippen molar-refractivity contribution in [2.24, 2.45) is 0 Å². The minimum atomic E-state index is -0.369. The van der Waals surface area contributed by atoms with Crippen LogP contribution in [0.3, 0.4) is 0 Å². The molecule has 0 spiro atoms. The third kappa shape index (κ3) is 2.28. The number of rotatable bonds is 3. The molecule has 64 valence electrons. The normalized spacial score (nSPS) is 12.5. The van der Waals surface area contributed by atoms with Crippen LogP contribution in [0, 0.1) is 0 Å². The van der Waals surface area contributed by atoms with Crippen LogP contribution in [-0.2, 0) is 4.79 Å². The monoisotopic (exact) mass is 276 g/mol. The first-order valence-electron chi connectivity index (χ1n) is 3.61. The minimum absolute atomic E-state index is 0.0266. The number of carbonyl (C=O) groups is 1. The smallest absolute Gasteiger partial charge is 0.202 e. The van der Waals surface area contributed by atoms with Crippen LogP contribution in [0.5, 0.6) is 0 Å². The highest BCUT2D eigenvalue weighted by atomic mass is 127. The van der Waals surface area contributed by atoms with E-state index in [4.69, 9.17) is 5.11 Å². The molecular formula is C9H9IO2. The fraction of sp³-hybridized carbons (Fsp3) is 0.222. The Hall–Kier alpha value is -0.420. The number of carbonyl (C=O) groups excluding carboxylic acids is 1. The fourth-order valence-electron chi connectivity index (χ4n) is 0.994. The molecule has 0 saturated heterocycles. The van der Waals surface area contributed by atoms with Crippen molar-refractivity contribution in [2.75, 3.05) is 6.61 Å². The summed E-state index contributed by atoms with van der Waals surface area (Å²) in [7, 11) is 0. The van der Waals surface area contributed by atoms with Gasteiger partial charge in [0, 0.05) is 22.6 Å². The maximum absolute atomic E-state index is 11.0. The second kappa shape index (κ2) is 4.57. The van der Waals surface area contributed by atoms with Gasteiger partial charge in [-0.05, 0) is 5.56 Å². The number of aliphatic hydroxyl groups excluding tert-OH is 1. The molecule has 0 fully saturated rings. The fourth-order valence-corrected chi connectivity index (χ4v) is 1.55. The summed E-state index contributed by atoms with van der Waals surface area (Å²) in [6.07, 6.45) is 0. The van der Waals surface area contributed by atoms with Crippen molar-refractivity contribution in [1.82, 2.24) is 0 Å². The SMILES string of the molecule is O=C(I)[C@H](CO)c1ccccc1. The minimum Gasteiger partial charge on any atom is -0.395 e. The maximum atomic E-state index is 11.0. The zero-order valence-corrected chi connectivity index (χ0v) is 8.56. The van der Waals surface area contributed by atoms with Gasteiger partial charge in [0.1, 0.15) is 0 Å². The van der Waals surface area contributed by atoms with Gasteiger partial charge in [0.25, 0.3) is 0 Å². The quantitative estimate of drug-likeness (QED) is 0.674. The molecule has 0 amide bonds. The molecule has 1 aromatic carbocycles. The van der Waals surface area contributed by atoms with E-state index in [2.05, 4.69) is 0 Å². The molecule has 1 rings (SSSR count). The summed E-state index contributed by atoms with van der Waals surface area (Å²) in [5.74, 6) is -0.369. The summed E-state index contributed by atoms with van der Waals surface area (Å²) < 4.78 is -0.0266. The van der Waals surface area contributed by atoms with E-state index in [1.807, 2.05) is 30.3 Å². The van der Waals surface area contributed by atoms with Gasteiger partial charge in [-0.3, -0.25) is 4.79 Å². The van der Waals surface area contributed by atoms with Crippen LogP contribution in [0.25, 0.3) is 0 Å². The van der Waals surface area contributed by atoms with Gasteiger partial charge in [-0.25, -0.2) is 0 Å². The number of hydrogen-bond acceptors (Lipinski definition) is 2. The van der Waals surface area contributed by atoms with E-state index in [1.54, 1.807) is 22.6 Å². The summed E-state index contributed by atoms with van der Waals surface area (Å²) in [6, 6.07) is 9.29. The highest BCUT2D eigenvalue weighted by molar-refractivity contribution is 14.1. The van der Waals surface area contributed by atoms with Gasteiger partial charge in [0.15, 0.2) is 0 Å². The van der Waals surface area contributed by atoms with Gasteiger partial charge in [-0.1, -0.05) is 30.3 Å². The van der Waals surface area contributed by atoms with Crippen LogP contribution in [0.15, 0.2) is 30.3 Å². The lowest BCUT2D eigenvalue weighted by Gasteiger charge is -2.08. The molecule has 0 bridgehead atoms. The van der Waals surface area contributed by atoms with Crippen molar-refractivity contribution in [3.8, 4) is 0 Å². The van der Waals surface area contributed by atoms with E-state index in [1.165, 1.54) is 0 Å². The first kappa shape index (κ1) is 9.67. The Kier molecular flexibility index (Phi) is 3.68. The van der Waals surface area contributed by atoms with Gasteiger partial charge in [0.05, 0.1) is 12.5 Å². The first-order valence-corrected chi connectivity index (χ1v) is 4.68. The molecule has 0 saturated carbocycles.